The fourth-order valence-corrected chi connectivity index (χ4v) is 2.34. The summed E-state index contributed by atoms with van der Waals surface area (Å²) in [5.41, 5.74) is 1.27. The third-order valence-corrected chi connectivity index (χ3v) is 3.29. The lowest BCUT2D eigenvalue weighted by Gasteiger charge is -2.42. The van der Waals surface area contributed by atoms with E-state index in [9.17, 15) is 0 Å². The summed E-state index contributed by atoms with van der Waals surface area (Å²) in [6, 6.07) is 8.21. The van der Waals surface area contributed by atoms with Crippen molar-refractivity contribution in [3.05, 3.63) is 29.8 Å². The Balaban J connectivity index is 1.68. The van der Waals surface area contributed by atoms with Crippen molar-refractivity contribution in [2.45, 2.75) is 25.0 Å². The Bertz CT molecular complexity index is 387. The Hall–Kier alpha value is -1.06. The number of ether oxygens (including phenoxy) is 2. The van der Waals surface area contributed by atoms with E-state index in [4.69, 9.17) is 9.47 Å². The lowest BCUT2D eigenvalue weighted by Crippen LogP contribution is -2.61. The smallest absolute Gasteiger partial charge is 0.122 e. The molecule has 2 aliphatic heterocycles. The van der Waals surface area contributed by atoms with Crippen LogP contribution in [0.4, 0.5) is 0 Å². The van der Waals surface area contributed by atoms with Crippen molar-refractivity contribution >= 4 is 0 Å². The quantitative estimate of drug-likeness (QED) is 0.815. The van der Waals surface area contributed by atoms with E-state index in [1.807, 2.05) is 12.1 Å². The summed E-state index contributed by atoms with van der Waals surface area (Å²) in [7, 11) is 0. The predicted molar refractivity (Wildman–Crippen MR) is 61.8 cm³/mol. The molecule has 1 atom stereocenters. The zero-order chi connectivity index (χ0) is 11.0. The van der Waals surface area contributed by atoms with Gasteiger partial charge in [0.05, 0.1) is 11.7 Å². The summed E-state index contributed by atoms with van der Waals surface area (Å²) in [4.78, 5) is 0. The zero-order valence-corrected chi connectivity index (χ0v) is 9.53. The molecule has 1 aromatic carbocycles. The number of benzene rings is 1. The van der Waals surface area contributed by atoms with E-state index in [-0.39, 0.29) is 11.7 Å². The maximum Gasteiger partial charge on any atom is 0.122 e. The molecular weight excluding hydrogens is 202 g/mol. The fourth-order valence-electron chi connectivity index (χ4n) is 2.34. The summed E-state index contributed by atoms with van der Waals surface area (Å²) in [6.07, 6.45) is 1.16. The topological polar surface area (TPSA) is 30.5 Å². The number of para-hydroxylation sites is 1. The first-order chi connectivity index (χ1) is 7.75. The van der Waals surface area contributed by atoms with Gasteiger partial charge < -0.3 is 14.8 Å². The number of fused-ring (bicyclic) bond motifs is 1. The van der Waals surface area contributed by atoms with Crippen LogP contribution in [-0.2, 0) is 11.2 Å². The number of nitrogens with one attached hydrogen (secondary N) is 1. The van der Waals surface area contributed by atoms with E-state index in [1.54, 1.807) is 0 Å². The van der Waals surface area contributed by atoms with Crippen LogP contribution < -0.4 is 10.1 Å². The van der Waals surface area contributed by atoms with Gasteiger partial charge in [-0.3, -0.25) is 0 Å². The molecule has 16 heavy (non-hydrogen) atoms. The van der Waals surface area contributed by atoms with Crippen molar-refractivity contribution in [3.8, 4) is 5.75 Å². The Morgan fingerprint density at radius 1 is 1.38 bits per heavy atom. The molecule has 0 aliphatic carbocycles. The van der Waals surface area contributed by atoms with Crippen molar-refractivity contribution in [3.63, 3.8) is 0 Å². The van der Waals surface area contributed by atoms with Crippen LogP contribution in [0.3, 0.4) is 0 Å². The molecule has 0 aromatic heterocycles. The van der Waals surface area contributed by atoms with E-state index in [0.717, 1.165) is 25.3 Å². The molecule has 0 spiro atoms. The lowest BCUT2D eigenvalue weighted by molar-refractivity contribution is -0.125. The molecule has 1 unspecified atom stereocenters. The van der Waals surface area contributed by atoms with Crippen molar-refractivity contribution in [2.24, 2.45) is 0 Å². The average Bonchev–Trinajstić information content (AvgIpc) is 2.27. The van der Waals surface area contributed by atoms with E-state index in [0.29, 0.717) is 6.61 Å². The molecular formula is C13H17NO2. The second-order valence-electron chi connectivity index (χ2n) is 4.92. The van der Waals surface area contributed by atoms with Gasteiger partial charge in [0.25, 0.3) is 0 Å². The lowest BCUT2D eigenvalue weighted by atomic mass is 9.98. The van der Waals surface area contributed by atoms with Gasteiger partial charge in [-0.05, 0) is 18.6 Å². The van der Waals surface area contributed by atoms with Gasteiger partial charge in [0.1, 0.15) is 12.4 Å². The third-order valence-electron chi connectivity index (χ3n) is 3.29. The van der Waals surface area contributed by atoms with Gasteiger partial charge in [0, 0.05) is 19.5 Å². The summed E-state index contributed by atoms with van der Waals surface area (Å²) >= 11 is 0. The Labute approximate surface area is 95.8 Å². The van der Waals surface area contributed by atoms with Crippen molar-refractivity contribution in [1.82, 2.24) is 5.32 Å². The maximum absolute atomic E-state index is 6.08. The standard InChI is InChI=1S/C13H17NO2/c1-13(8-14-9-13)16-11-6-10-4-2-3-5-12(10)15-7-11/h2-5,11,14H,6-9H2,1H3. The molecule has 1 N–H and O–H groups in total. The van der Waals surface area contributed by atoms with Crippen LogP contribution in [0.2, 0.25) is 0 Å². The van der Waals surface area contributed by atoms with E-state index >= 15 is 0 Å². The van der Waals surface area contributed by atoms with Crippen molar-refractivity contribution < 1.29 is 9.47 Å². The predicted octanol–water partition coefficient (Wildman–Crippen LogP) is 1.37. The van der Waals surface area contributed by atoms with Crippen LogP contribution in [0.5, 0.6) is 5.75 Å². The molecule has 0 bridgehead atoms. The van der Waals surface area contributed by atoms with Gasteiger partial charge in [0.15, 0.2) is 0 Å². The molecule has 3 heteroatoms. The van der Waals surface area contributed by atoms with Gasteiger partial charge >= 0.3 is 0 Å². The molecule has 2 heterocycles. The van der Waals surface area contributed by atoms with Gasteiger partial charge in [-0.2, -0.15) is 0 Å². The molecule has 1 fully saturated rings. The number of rotatable bonds is 2. The molecule has 1 aromatic rings. The van der Waals surface area contributed by atoms with Crippen molar-refractivity contribution in [2.75, 3.05) is 19.7 Å². The van der Waals surface area contributed by atoms with E-state index in [2.05, 4.69) is 24.4 Å². The minimum atomic E-state index is 0.0142. The largest absolute Gasteiger partial charge is 0.491 e. The van der Waals surface area contributed by atoms with Crippen LogP contribution >= 0.6 is 0 Å². The van der Waals surface area contributed by atoms with Crippen LogP contribution in [0.15, 0.2) is 24.3 Å². The summed E-state index contributed by atoms with van der Waals surface area (Å²) in [6.45, 7) is 4.73. The first kappa shape index (κ1) is 10.1. The highest BCUT2D eigenvalue weighted by Gasteiger charge is 2.36. The summed E-state index contributed by atoms with van der Waals surface area (Å²) in [5.74, 6) is 1.01. The molecule has 3 nitrogen and oxygen atoms in total. The van der Waals surface area contributed by atoms with Crippen LogP contribution in [-0.4, -0.2) is 31.4 Å². The third kappa shape index (κ3) is 1.81. The van der Waals surface area contributed by atoms with E-state index < -0.39 is 0 Å². The van der Waals surface area contributed by atoms with Crippen LogP contribution in [0, 0.1) is 0 Å². The Morgan fingerprint density at radius 2 is 2.19 bits per heavy atom. The monoisotopic (exact) mass is 219 g/mol. The molecule has 2 aliphatic rings. The van der Waals surface area contributed by atoms with Gasteiger partial charge in [-0.25, -0.2) is 0 Å². The van der Waals surface area contributed by atoms with E-state index in [1.165, 1.54) is 5.56 Å². The second kappa shape index (κ2) is 3.75. The molecule has 0 saturated carbocycles. The first-order valence-electron chi connectivity index (χ1n) is 5.84. The van der Waals surface area contributed by atoms with Gasteiger partial charge in [-0.1, -0.05) is 18.2 Å². The van der Waals surface area contributed by atoms with Crippen LogP contribution in [0.1, 0.15) is 12.5 Å². The highest BCUT2D eigenvalue weighted by atomic mass is 16.6. The number of hydrogen-bond acceptors (Lipinski definition) is 3. The fraction of sp³-hybridized carbons (Fsp3) is 0.538. The van der Waals surface area contributed by atoms with Crippen molar-refractivity contribution in [1.29, 1.82) is 0 Å². The average molecular weight is 219 g/mol. The van der Waals surface area contributed by atoms with Gasteiger partial charge in [0.2, 0.25) is 0 Å². The molecule has 86 valence electrons. The minimum Gasteiger partial charge on any atom is -0.491 e. The number of hydrogen-bond donors (Lipinski definition) is 1. The van der Waals surface area contributed by atoms with Gasteiger partial charge in [-0.15, -0.1) is 0 Å². The minimum absolute atomic E-state index is 0.0142. The molecule has 3 rings (SSSR count). The first-order valence-corrected chi connectivity index (χ1v) is 5.84. The Kier molecular flexibility index (Phi) is 2.37. The maximum atomic E-state index is 6.08. The summed E-state index contributed by atoms with van der Waals surface area (Å²) < 4.78 is 11.8. The second-order valence-corrected chi connectivity index (χ2v) is 4.92. The highest BCUT2D eigenvalue weighted by molar-refractivity contribution is 5.35. The van der Waals surface area contributed by atoms with Crippen LogP contribution in [0.25, 0.3) is 0 Å². The Morgan fingerprint density at radius 3 is 2.94 bits per heavy atom. The molecule has 1 saturated heterocycles. The molecule has 0 radical (unpaired) electrons. The molecule has 0 amide bonds. The zero-order valence-electron chi connectivity index (χ0n) is 9.53. The normalized spacial score (nSPS) is 26.4. The summed E-state index contributed by atoms with van der Waals surface area (Å²) in [5, 5.41) is 3.24. The SMILES string of the molecule is CC1(OC2COc3ccccc3C2)CNC1. The highest BCUT2D eigenvalue weighted by Crippen LogP contribution is 2.28.